The van der Waals surface area contributed by atoms with Crippen LogP contribution in [0, 0.1) is 10.1 Å². The zero-order chi connectivity index (χ0) is 15.2. The Morgan fingerprint density at radius 1 is 1.19 bits per heavy atom. The zero-order valence-electron chi connectivity index (χ0n) is 11.0. The van der Waals surface area contributed by atoms with Gasteiger partial charge in [-0.2, -0.15) is 0 Å². The van der Waals surface area contributed by atoms with Crippen molar-refractivity contribution in [3.05, 3.63) is 69.2 Å². The molecule has 2 aromatic rings. The van der Waals surface area contributed by atoms with E-state index in [-0.39, 0.29) is 30.2 Å². The van der Waals surface area contributed by atoms with Crippen molar-refractivity contribution >= 4 is 23.1 Å². The summed E-state index contributed by atoms with van der Waals surface area (Å²) in [5, 5.41) is 11.2. The number of nitro groups is 1. The number of ether oxygens (including phenoxy) is 1. The lowest BCUT2D eigenvalue weighted by atomic mass is 10.1. The monoisotopic (exact) mass is 305 g/mol. The Balaban J connectivity index is 2.01. The first-order valence-electron chi connectivity index (χ1n) is 6.18. The summed E-state index contributed by atoms with van der Waals surface area (Å²) in [5.41, 5.74) is 0.651. The third-order valence-corrected chi connectivity index (χ3v) is 2.99. The van der Waals surface area contributed by atoms with Crippen LogP contribution in [-0.4, -0.2) is 17.3 Å². The van der Waals surface area contributed by atoms with Gasteiger partial charge in [0, 0.05) is 23.6 Å². The Bertz CT molecular complexity index is 658. The Morgan fingerprint density at radius 3 is 2.57 bits per heavy atom. The third-order valence-electron chi connectivity index (χ3n) is 2.75. The summed E-state index contributed by atoms with van der Waals surface area (Å²) in [6.45, 7) is -0.240. The molecular formula is C15H12ClNO4. The van der Waals surface area contributed by atoms with Crippen LogP contribution >= 0.6 is 11.6 Å². The average molecular weight is 306 g/mol. The van der Waals surface area contributed by atoms with Gasteiger partial charge in [-0.15, -0.1) is 0 Å². The second kappa shape index (κ2) is 6.85. The Labute approximate surface area is 126 Å². The van der Waals surface area contributed by atoms with E-state index in [0.717, 1.165) is 5.56 Å². The predicted octanol–water partition coefficient (Wildman–Crippen LogP) is 3.44. The highest BCUT2D eigenvalue weighted by Gasteiger charge is 2.16. The molecule has 0 atom stereocenters. The number of halogens is 1. The number of ketones is 1. The highest BCUT2D eigenvalue weighted by Crippen LogP contribution is 2.29. The maximum absolute atomic E-state index is 11.8. The molecule has 0 saturated carbocycles. The fraction of sp³-hybridized carbons (Fsp3) is 0.133. The molecule has 5 nitrogen and oxygen atoms in total. The van der Waals surface area contributed by atoms with E-state index < -0.39 is 4.92 Å². The van der Waals surface area contributed by atoms with E-state index in [0.29, 0.717) is 5.02 Å². The van der Waals surface area contributed by atoms with Gasteiger partial charge >= 0.3 is 5.69 Å². The Kier molecular flexibility index (Phi) is 4.90. The van der Waals surface area contributed by atoms with Gasteiger partial charge in [0.1, 0.15) is 6.61 Å². The molecule has 0 unspecified atom stereocenters. The topological polar surface area (TPSA) is 69.4 Å². The van der Waals surface area contributed by atoms with Crippen LogP contribution < -0.4 is 4.74 Å². The molecule has 0 aliphatic heterocycles. The van der Waals surface area contributed by atoms with Gasteiger partial charge in [-0.3, -0.25) is 14.9 Å². The van der Waals surface area contributed by atoms with E-state index in [1.54, 1.807) is 0 Å². The van der Waals surface area contributed by atoms with Crippen LogP contribution in [0.1, 0.15) is 5.56 Å². The normalized spacial score (nSPS) is 10.1. The van der Waals surface area contributed by atoms with Crippen LogP contribution in [0.15, 0.2) is 48.5 Å². The first-order chi connectivity index (χ1) is 10.1. The molecule has 0 aliphatic rings. The molecule has 21 heavy (non-hydrogen) atoms. The van der Waals surface area contributed by atoms with Gasteiger partial charge in [0.25, 0.3) is 0 Å². The van der Waals surface area contributed by atoms with Crippen molar-refractivity contribution in [2.24, 2.45) is 0 Å². The van der Waals surface area contributed by atoms with Crippen LogP contribution in [0.5, 0.6) is 5.75 Å². The molecule has 0 radical (unpaired) electrons. The van der Waals surface area contributed by atoms with E-state index in [1.807, 2.05) is 30.3 Å². The van der Waals surface area contributed by atoms with Gasteiger partial charge in [-0.1, -0.05) is 41.9 Å². The van der Waals surface area contributed by atoms with Gasteiger partial charge in [0.15, 0.2) is 11.5 Å². The highest BCUT2D eigenvalue weighted by molar-refractivity contribution is 6.30. The lowest BCUT2D eigenvalue weighted by Crippen LogP contribution is -2.14. The molecule has 0 N–H and O–H groups in total. The fourth-order valence-electron chi connectivity index (χ4n) is 1.79. The number of nitrogens with zero attached hydrogens (tertiary/aromatic N) is 1. The molecule has 0 aliphatic carbocycles. The number of benzene rings is 2. The smallest absolute Gasteiger partial charge is 0.311 e. The molecule has 2 rings (SSSR count). The number of rotatable bonds is 6. The maximum atomic E-state index is 11.8. The van der Waals surface area contributed by atoms with E-state index in [2.05, 4.69) is 0 Å². The zero-order valence-corrected chi connectivity index (χ0v) is 11.7. The van der Waals surface area contributed by atoms with E-state index in [9.17, 15) is 14.9 Å². The second-order valence-electron chi connectivity index (χ2n) is 4.36. The third kappa shape index (κ3) is 4.29. The van der Waals surface area contributed by atoms with Gasteiger partial charge in [0.2, 0.25) is 0 Å². The van der Waals surface area contributed by atoms with Crippen molar-refractivity contribution < 1.29 is 14.5 Å². The van der Waals surface area contributed by atoms with Crippen LogP contribution in [0.2, 0.25) is 5.02 Å². The van der Waals surface area contributed by atoms with Crippen molar-refractivity contribution in [2.45, 2.75) is 6.42 Å². The molecule has 2 aromatic carbocycles. The molecule has 0 bridgehead atoms. The van der Waals surface area contributed by atoms with Gasteiger partial charge in [0.05, 0.1) is 4.92 Å². The van der Waals surface area contributed by atoms with Crippen molar-refractivity contribution in [1.82, 2.24) is 0 Å². The quantitative estimate of drug-likeness (QED) is 0.605. The first-order valence-corrected chi connectivity index (χ1v) is 6.56. The largest absolute Gasteiger partial charge is 0.479 e. The summed E-state index contributed by atoms with van der Waals surface area (Å²) >= 11 is 5.78. The van der Waals surface area contributed by atoms with E-state index >= 15 is 0 Å². The van der Waals surface area contributed by atoms with Crippen LogP contribution in [0.25, 0.3) is 0 Å². The summed E-state index contributed by atoms with van der Waals surface area (Å²) in [5.74, 6) is -0.176. The summed E-state index contributed by atoms with van der Waals surface area (Å²) in [4.78, 5) is 22.1. The standard InChI is InChI=1S/C15H12ClNO4/c16-12-6-7-14(17(19)20)15(9-12)21-10-13(18)8-11-4-2-1-3-5-11/h1-7,9H,8,10H2. The van der Waals surface area contributed by atoms with Crippen LogP contribution in [-0.2, 0) is 11.2 Å². The summed E-state index contributed by atoms with van der Waals surface area (Å²) < 4.78 is 5.24. The number of hydrogen-bond donors (Lipinski definition) is 0. The minimum Gasteiger partial charge on any atom is -0.479 e. The molecule has 6 heteroatoms. The molecule has 0 amide bonds. The van der Waals surface area contributed by atoms with Crippen molar-refractivity contribution in [3.8, 4) is 5.75 Å². The second-order valence-corrected chi connectivity index (χ2v) is 4.80. The van der Waals surface area contributed by atoms with Crippen molar-refractivity contribution in [3.63, 3.8) is 0 Å². The number of Topliss-reactive ketones (excluding diaryl/α,β-unsaturated/α-hetero) is 1. The highest BCUT2D eigenvalue weighted by atomic mass is 35.5. The van der Waals surface area contributed by atoms with Crippen LogP contribution in [0.3, 0.4) is 0 Å². The number of hydrogen-bond acceptors (Lipinski definition) is 4. The molecular weight excluding hydrogens is 294 g/mol. The molecule has 108 valence electrons. The Morgan fingerprint density at radius 2 is 1.90 bits per heavy atom. The number of nitro benzene ring substituents is 1. The Hall–Kier alpha value is -2.40. The number of carbonyl (C=O) groups is 1. The summed E-state index contributed by atoms with van der Waals surface area (Å²) in [6, 6.07) is 13.2. The van der Waals surface area contributed by atoms with Gasteiger partial charge in [-0.05, 0) is 11.6 Å². The van der Waals surface area contributed by atoms with Crippen molar-refractivity contribution in [2.75, 3.05) is 6.61 Å². The molecule has 0 spiro atoms. The summed E-state index contributed by atoms with van der Waals surface area (Å²) in [6.07, 6.45) is 0.217. The lowest BCUT2D eigenvalue weighted by Gasteiger charge is -2.06. The fourth-order valence-corrected chi connectivity index (χ4v) is 1.95. The first kappa shape index (κ1) is 15.0. The van der Waals surface area contributed by atoms with Crippen LogP contribution in [0.4, 0.5) is 5.69 Å². The minimum absolute atomic E-state index is 0.00564. The SMILES string of the molecule is O=C(COc1cc(Cl)ccc1[N+](=O)[O-])Cc1ccccc1. The molecule has 0 aromatic heterocycles. The van der Waals surface area contributed by atoms with Gasteiger partial charge in [-0.25, -0.2) is 0 Å². The van der Waals surface area contributed by atoms with E-state index in [1.165, 1.54) is 18.2 Å². The summed E-state index contributed by atoms with van der Waals surface area (Å²) in [7, 11) is 0. The van der Waals surface area contributed by atoms with Crippen molar-refractivity contribution in [1.29, 1.82) is 0 Å². The number of carbonyl (C=O) groups excluding carboxylic acids is 1. The lowest BCUT2D eigenvalue weighted by molar-refractivity contribution is -0.385. The minimum atomic E-state index is -0.576. The molecule has 0 saturated heterocycles. The molecule has 0 heterocycles. The maximum Gasteiger partial charge on any atom is 0.311 e. The van der Waals surface area contributed by atoms with Gasteiger partial charge < -0.3 is 4.74 Å². The predicted molar refractivity (Wildman–Crippen MR) is 78.8 cm³/mol. The van der Waals surface area contributed by atoms with E-state index in [4.69, 9.17) is 16.3 Å². The average Bonchev–Trinajstić information content (AvgIpc) is 2.46. The molecule has 0 fully saturated rings.